The third kappa shape index (κ3) is 3.34. The van der Waals surface area contributed by atoms with Crippen LogP contribution in [0.3, 0.4) is 0 Å². The summed E-state index contributed by atoms with van der Waals surface area (Å²) in [5.74, 6) is 0.587. The molecular weight excluding hydrogens is 327 g/mol. The molecule has 0 aliphatic heterocycles. The predicted octanol–water partition coefficient (Wildman–Crippen LogP) is 3.33. The number of hydrogen-bond acceptors (Lipinski definition) is 0. The summed E-state index contributed by atoms with van der Waals surface area (Å²) in [4.78, 5) is 0. The van der Waals surface area contributed by atoms with E-state index < -0.39 is 14.7 Å². The van der Waals surface area contributed by atoms with Crippen LogP contribution in [0.2, 0.25) is 0 Å². The first kappa shape index (κ1) is 15.1. The molecule has 0 radical (unpaired) electrons. The van der Waals surface area contributed by atoms with Crippen LogP contribution in [0.1, 0.15) is 25.3 Å². The van der Waals surface area contributed by atoms with E-state index in [4.69, 9.17) is 0 Å². The van der Waals surface area contributed by atoms with Crippen molar-refractivity contribution in [2.45, 2.75) is 19.8 Å². The molecule has 3 aromatic carbocycles. The molecule has 0 aliphatic carbocycles. The van der Waals surface area contributed by atoms with E-state index in [2.05, 4.69) is 98.8 Å². The van der Waals surface area contributed by atoms with Crippen molar-refractivity contribution in [2.75, 3.05) is 0 Å². The van der Waals surface area contributed by atoms with Gasteiger partial charge in [0.05, 0.1) is 0 Å². The van der Waals surface area contributed by atoms with Gasteiger partial charge in [0.15, 0.2) is 0 Å². The molecule has 0 saturated heterocycles. The summed E-state index contributed by atoms with van der Waals surface area (Å²) in [6.07, 6.45) is 0. The van der Waals surface area contributed by atoms with E-state index in [9.17, 15) is 0 Å². The van der Waals surface area contributed by atoms with Crippen molar-refractivity contribution in [3.63, 3.8) is 0 Å². The van der Waals surface area contributed by atoms with Crippen LogP contribution >= 0.6 is 0 Å². The fourth-order valence-corrected chi connectivity index (χ4v) is 7.40. The van der Waals surface area contributed by atoms with Gasteiger partial charge >= 0.3 is 138 Å². The average molecular weight is 348 g/mol. The van der Waals surface area contributed by atoms with Gasteiger partial charge < -0.3 is 0 Å². The van der Waals surface area contributed by atoms with Crippen LogP contribution in [0.4, 0.5) is 0 Å². The van der Waals surface area contributed by atoms with Gasteiger partial charge in [-0.25, -0.2) is 0 Å². The Morgan fingerprint density at radius 3 is 1.36 bits per heavy atom. The standard InChI is InChI=1S/C21H21As/c1-17(2)18-13-15-21(16-14-18)22(19-9-5-3-6-10-19)20-11-7-4-8-12-20/h3-17H,1-2H3. The van der Waals surface area contributed by atoms with E-state index in [-0.39, 0.29) is 0 Å². The minimum absolute atomic E-state index is 0.587. The Balaban J connectivity index is 2.06. The van der Waals surface area contributed by atoms with E-state index in [0.717, 1.165) is 0 Å². The van der Waals surface area contributed by atoms with Gasteiger partial charge in [-0.1, -0.05) is 0 Å². The van der Waals surface area contributed by atoms with Crippen molar-refractivity contribution in [1.29, 1.82) is 0 Å². The molecule has 0 N–H and O–H groups in total. The summed E-state index contributed by atoms with van der Waals surface area (Å²) in [5.41, 5.74) is 1.42. The number of hydrogen-bond donors (Lipinski definition) is 0. The Morgan fingerprint density at radius 2 is 0.955 bits per heavy atom. The maximum absolute atomic E-state index is 2.34. The van der Waals surface area contributed by atoms with Crippen LogP contribution in [-0.4, -0.2) is 14.7 Å². The molecule has 3 aromatic rings. The first-order valence-electron chi connectivity index (χ1n) is 7.76. The maximum atomic E-state index is 2.34. The van der Waals surface area contributed by atoms with Crippen LogP contribution in [0.25, 0.3) is 0 Å². The molecule has 0 aromatic heterocycles. The normalized spacial score (nSPS) is 11.1. The third-order valence-corrected chi connectivity index (χ3v) is 8.97. The first-order chi connectivity index (χ1) is 10.8. The zero-order valence-electron chi connectivity index (χ0n) is 13.1. The number of benzene rings is 3. The quantitative estimate of drug-likeness (QED) is 0.635. The average Bonchev–Trinajstić information content (AvgIpc) is 2.57. The zero-order valence-corrected chi connectivity index (χ0v) is 15.0. The van der Waals surface area contributed by atoms with Gasteiger partial charge in [-0.15, -0.1) is 0 Å². The van der Waals surface area contributed by atoms with Gasteiger partial charge in [-0.05, 0) is 0 Å². The molecule has 0 nitrogen and oxygen atoms in total. The molecule has 0 bridgehead atoms. The predicted molar refractivity (Wildman–Crippen MR) is 98.1 cm³/mol. The Labute approximate surface area is 138 Å². The Hall–Kier alpha value is -1.78. The van der Waals surface area contributed by atoms with Crippen molar-refractivity contribution in [1.82, 2.24) is 0 Å². The van der Waals surface area contributed by atoms with Gasteiger partial charge in [0.2, 0.25) is 0 Å². The van der Waals surface area contributed by atoms with E-state index >= 15 is 0 Å². The zero-order chi connectivity index (χ0) is 15.4. The summed E-state index contributed by atoms with van der Waals surface area (Å²) in [7, 11) is 0. The molecule has 0 unspecified atom stereocenters. The van der Waals surface area contributed by atoms with Gasteiger partial charge in [0, 0.05) is 0 Å². The summed E-state index contributed by atoms with van der Waals surface area (Å²) < 4.78 is 4.46. The summed E-state index contributed by atoms with van der Waals surface area (Å²) in [5, 5.41) is 0. The van der Waals surface area contributed by atoms with Crippen molar-refractivity contribution < 1.29 is 0 Å². The topological polar surface area (TPSA) is 0 Å². The monoisotopic (exact) mass is 348 g/mol. The number of rotatable bonds is 4. The van der Waals surface area contributed by atoms with Gasteiger partial charge in [-0.3, -0.25) is 0 Å². The Bertz CT molecular complexity index is 660. The van der Waals surface area contributed by atoms with Gasteiger partial charge in [0.1, 0.15) is 0 Å². The van der Waals surface area contributed by atoms with Gasteiger partial charge in [-0.2, -0.15) is 0 Å². The molecule has 0 spiro atoms. The van der Waals surface area contributed by atoms with Crippen molar-refractivity contribution >= 4 is 27.7 Å². The van der Waals surface area contributed by atoms with E-state index in [1.807, 2.05) is 0 Å². The molecule has 0 atom stereocenters. The van der Waals surface area contributed by atoms with Crippen LogP contribution < -0.4 is 13.1 Å². The summed E-state index contributed by atoms with van der Waals surface area (Å²) in [6, 6.07) is 31.2. The fraction of sp³-hybridized carbons (Fsp3) is 0.143. The van der Waals surface area contributed by atoms with E-state index in [1.165, 1.54) is 18.6 Å². The second kappa shape index (κ2) is 6.99. The van der Waals surface area contributed by atoms with Crippen LogP contribution in [-0.2, 0) is 0 Å². The molecule has 1 heteroatoms. The molecular formula is C21H21As. The molecule has 0 amide bonds. The van der Waals surface area contributed by atoms with Crippen LogP contribution in [0, 0.1) is 0 Å². The molecule has 0 heterocycles. The summed E-state index contributed by atoms with van der Waals surface area (Å²) in [6.45, 7) is 4.50. The first-order valence-corrected chi connectivity index (χ1v) is 10.6. The molecule has 0 saturated carbocycles. The third-order valence-electron chi connectivity index (χ3n) is 3.85. The van der Waals surface area contributed by atoms with Crippen LogP contribution in [0.5, 0.6) is 0 Å². The minimum atomic E-state index is -1.44. The molecule has 0 fully saturated rings. The fourth-order valence-electron chi connectivity index (χ4n) is 2.61. The Kier molecular flexibility index (Phi) is 4.80. The molecule has 22 heavy (non-hydrogen) atoms. The molecule has 110 valence electrons. The van der Waals surface area contributed by atoms with E-state index in [1.54, 1.807) is 0 Å². The second-order valence-corrected chi connectivity index (χ2v) is 10.4. The Morgan fingerprint density at radius 1 is 0.545 bits per heavy atom. The summed E-state index contributed by atoms with van der Waals surface area (Å²) >= 11 is -1.44. The van der Waals surface area contributed by atoms with Crippen molar-refractivity contribution in [3.8, 4) is 0 Å². The van der Waals surface area contributed by atoms with Gasteiger partial charge in [0.25, 0.3) is 0 Å². The SMILES string of the molecule is CC(C)c1ccc([As](c2ccccc2)c2ccccc2)cc1. The second-order valence-electron chi connectivity index (χ2n) is 5.75. The van der Waals surface area contributed by atoms with E-state index in [0.29, 0.717) is 5.92 Å². The van der Waals surface area contributed by atoms with Crippen molar-refractivity contribution in [2.24, 2.45) is 0 Å². The molecule has 3 rings (SSSR count). The van der Waals surface area contributed by atoms with Crippen LogP contribution in [0.15, 0.2) is 84.9 Å². The molecule has 0 aliphatic rings. The van der Waals surface area contributed by atoms with Crippen molar-refractivity contribution in [3.05, 3.63) is 90.5 Å².